The molecule has 0 aliphatic heterocycles. The smallest absolute Gasteiger partial charge is 0.258 e. The quantitative estimate of drug-likeness (QED) is 0.0877. The molecule has 0 radical (unpaired) electrons. The first kappa shape index (κ1) is 36.4. The van der Waals surface area contributed by atoms with Crippen LogP contribution in [-0.2, 0) is 12.8 Å². The zero-order chi connectivity index (χ0) is 33.8. The molecular weight excluding hydrogens is 594 g/mol. The number of hydrogen-bond donors (Lipinski definition) is 2. The molecule has 0 saturated carbocycles. The van der Waals surface area contributed by atoms with E-state index in [1.54, 1.807) is 0 Å². The van der Waals surface area contributed by atoms with Gasteiger partial charge >= 0.3 is 0 Å². The van der Waals surface area contributed by atoms with E-state index in [0.717, 1.165) is 55.2 Å². The molecule has 1 heterocycles. The second-order valence-corrected chi connectivity index (χ2v) is 12.6. The van der Waals surface area contributed by atoms with Crippen molar-refractivity contribution >= 4 is 23.7 Å². The van der Waals surface area contributed by atoms with Crippen LogP contribution in [0.4, 0.5) is 11.9 Å². The van der Waals surface area contributed by atoms with E-state index in [4.69, 9.17) is 0 Å². The molecule has 0 saturated heterocycles. The summed E-state index contributed by atoms with van der Waals surface area (Å²) in [6.07, 6.45) is 18.7. The maximum absolute atomic E-state index is 13.6. The third kappa shape index (κ3) is 12.0. The van der Waals surface area contributed by atoms with Crippen LogP contribution in [0.3, 0.4) is 0 Å². The van der Waals surface area contributed by atoms with Gasteiger partial charge in [-0.2, -0.15) is 15.0 Å². The van der Waals surface area contributed by atoms with Gasteiger partial charge in [0.1, 0.15) is 0 Å². The molecule has 0 spiro atoms. The lowest BCUT2D eigenvalue weighted by Gasteiger charge is -2.13. The third-order valence-electron chi connectivity index (χ3n) is 8.74. The molecule has 7 heteroatoms. The van der Waals surface area contributed by atoms with E-state index in [-0.39, 0.29) is 23.7 Å². The van der Waals surface area contributed by atoms with Gasteiger partial charge in [-0.25, -0.2) is 0 Å². The molecule has 48 heavy (non-hydrogen) atoms. The highest BCUT2D eigenvalue weighted by Gasteiger charge is 2.18. The number of aryl methyl sites for hydroxylation is 2. The zero-order valence-corrected chi connectivity index (χ0v) is 29.0. The van der Waals surface area contributed by atoms with Gasteiger partial charge in [0.05, 0.1) is 0 Å². The van der Waals surface area contributed by atoms with Gasteiger partial charge in [-0.15, -0.1) is 0 Å². The van der Waals surface area contributed by atoms with Crippen LogP contribution in [0.1, 0.15) is 136 Å². The average molecular weight is 648 g/mol. The van der Waals surface area contributed by atoms with Crippen molar-refractivity contribution in [2.45, 2.75) is 117 Å². The Kier molecular flexibility index (Phi) is 15.8. The van der Waals surface area contributed by atoms with Crippen LogP contribution in [0.15, 0.2) is 78.9 Å². The molecule has 0 aliphatic carbocycles. The topological polar surface area (TPSA) is 96.9 Å². The first-order valence-electron chi connectivity index (χ1n) is 18.2. The Balaban J connectivity index is 1.46. The predicted octanol–water partition coefficient (Wildman–Crippen LogP) is 10.6. The lowest BCUT2D eigenvalue weighted by atomic mass is 10.00. The molecule has 2 N–H and O–H groups in total. The molecule has 0 bridgehead atoms. The van der Waals surface area contributed by atoms with Crippen molar-refractivity contribution in [2.24, 2.45) is 0 Å². The lowest BCUT2D eigenvalue weighted by molar-refractivity contribution is 0.101. The Morgan fingerprint density at radius 3 is 1.33 bits per heavy atom. The maximum atomic E-state index is 13.6. The first-order chi connectivity index (χ1) is 23.6. The second-order valence-electron chi connectivity index (χ2n) is 12.6. The number of unbranched alkanes of at least 4 members (excludes halogenated alkanes) is 12. The highest BCUT2D eigenvalue weighted by Crippen LogP contribution is 2.21. The van der Waals surface area contributed by atoms with Gasteiger partial charge in [0.25, 0.3) is 11.8 Å². The number of rotatable bonds is 21. The van der Waals surface area contributed by atoms with Crippen molar-refractivity contribution in [1.82, 2.24) is 15.0 Å². The number of carbonyl (C=O) groups is 2. The molecule has 0 atom stereocenters. The fraction of sp³-hybridized carbons (Fsp3) is 0.439. The molecule has 4 aromatic rings. The molecule has 3 aromatic carbocycles. The predicted molar refractivity (Wildman–Crippen MR) is 197 cm³/mol. The van der Waals surface area contributed by atoms with Gasteiger partial charge < -0.3 is 0 Å². The van der Waals surface area contributed by atoms with Crippen molar-refractivity contribution in [3.63, 3.8) is 0 Å². The number of amides is 2. The van der Waals surface area contributed by atoms with E-state index in [0.29, 0.717) is 17.0 Å². The van der Waals surface area contributed by atoms with Gasteiger partial charge in [-0.3, -0.25) is 20.2 Å². The Bertz CT molecular complexity index is 1460. The van der Waals surface area contributed by atoms with Crippen molar-refractivity contribution in [3.8, 4) is 11.4 Å². The molecule has 254 valence electrons. The van der Waals surface area contributed by atoms with Crippen LogP contribution >= 0.6 is 0 Å². The third-order valence-corrected chi connectivity index (χ3v) is 8.74. The Labute approximate surface area is 287 Å². The minimum absolute atomic E-state index is 0.0891. The minimum atomic E-state index is -0.281. The molecule has 0 fully saturated rings. The summed E-state index contributed by atoms with van der Waals surface area (Å²) in [6, 6.07) is 24.9. The van der Waals surface area contributed by atoms with Gasteiger partial charge in [0.15, 0.2) is 5.82 Å². The van der Waals surface area contributed by atoms with Gasteiger partial charge in [0.2, 0.25) is 11.9 Å². The number of hydrogen-bond acceptors (Lipinski definition) is 5. The number of carbonyl (C=O) groups excluding carboxylic acids is 2. The van der Waals surface area contributed by atoms with Crippen LogP contribution in [0.25, 0.3) is 11.4 Å². The highest BCUT2D eigenvalue weighted by molar-refractivity contribution is 6.06. The summed E-state index contributed by atoms with van der Waals surface area (Å²) in [6.45, 7) is 4.47. The molecule has 0 aliphatic rings. The van der Waals surface area contributed by atoms with E-state index in [1.807, 2.05) is 78.9 Å². The summed E-state index contributed by atoms with van der Waals surface area (Å²) in [7, 11) is 0. The van der Waals surface area contributed by atoms with Crippen LogP contribution < -0.4 is 10.6 Å². The molecule has 4 rings (SSSR count). The number of benzene rings is 3. The van der Waals surface area contributed by atoms with E-state index < -0.39 is 0 Å². The van der Waals surface area contributed by atoms with E-state index in [1.165, 1.54) is 64.2 Å². The number of nitrogens with zero attached hydrogens (tertiary/aromatic N) is 3. The normalized spacial score (nSPS) is 11.0. The fourth-order valence-corrected chi connectivity index (χ4v) is 6.01. The molecule has 7 nitrogen and oxygen atoms in total. The number of nitrogens with one attached hydrogen (secondary N) is 2. The molecule has 2 amide bonds. The minimum Gasteiger partial charge on any atom is -0.290 e. The molecule has 0 unspecified atom stereocenters. The van der Waals surface area contributed by atoms with E-state index in [2.05, 4.69) is 39.4 Å². The Morgan fingerprint density at radius 2 is 0.875 bits per heavy atom. The SMILES string of the molecule is CCCCCCCCCc1ccccc1C(=O)Nc1nc(NC(=O)c2ccccc2CCCCCCCCC)nc(-c2ccccc2)n1. The molecule has 1 aromatic heterocycles. The Morgan fingerprint density at radius 1 is 0.479 bits per heavy atom. The van der Waals surface area contributed by atoms with Crippen LogP contribution in [0.5, 0.6) is 0 Å². The maximum Gasteiger partial charge on any atom is 0.258 e. The average Bonchev–Trinajstić information content (AvgIpc) is 3.11. The van der Waals surface area contributed by atoms with Crippen molar-refractivity contribution in [1.29, 1.82) is 0 Å². The summed E-state index contributed by atoms with van der Waals surface area (Å²) >= 11 is 0. The van der Waals surface area contributed by atoms with Gasteiger partial charge in [-0.05, 0) is 48.9 Å². The number of anilines is 2. The van der Waals surface area contributed by atoms with Crippen LogP contribution in [0, 0.1) is 0 Å². The van der Waals surface area contributed by atoms with Gasteiger partial charge in [-0.1, -0.05) is 158 Å². The van der Waals surface area contributed by atoms with Crippen LogP contribution in [0.2, 0.25) is 0 Å². The summed E-state index contributed by atoms with van der Waals surface area (Å²) < 4.78 is 0. The summed E-state index contributed by atoms with van der Waals surface area (Å²) in [4.78, 5) is 40.8. The summed E-state index contributed by atoms with van der Waals surface area (Å²) in [5, 5.41) is 5.80. The van der Waals surface area contributed by atoms with Crippen LogP contribution in [-0.4, -0.2) is 26.8 Å². The monoisotopic (exact) mass is 647 g/mol. The second kappa shape index (κ2) is 20.8. The van der Waals surface area contributed by atoms with Gasteiger partial charge in [0, 0.05) is 16.7 Å². The number of aromatic nitrogens is 3. The summed E-state index contributed by atoms with van der Waals surface area (Å²) in [5.74, 6) is -0.0199. The van der Waals surface area contributed by atoms with E-state index >= 15 is 0 Å². The van der Waals surface area contributed by atoms with Crippen molar-refractivity contribution in [2.75, 3.05) is 10.6 Å². The standard InChI is InChI=1S/C41H53N5O2/c1-3-5-7-9-11-13-16-24-32-26-20-22-30-35(32)38(47)44-40-42-37(34-28-18-15-19-29-34)43-41(46-40)45-39(48)36-31-23-21-27-33(36)25-17-14-12-10-8-6-4-2/h15,18-23,26-31H,3-14,16-17,24-25H2,1-2H3,(H2,42,43,44,45,46,47,48). The zero-order valence-electron chi connectivity index (χ0n) is 29.0. The van der Waals surface area contributed by atoms with Crippen molar-refractivity contribution < 1.29 is 9.59 Å². The fourth-order valence-electron chi connectivity index (χ4n) is 6.01. The van der Waals surface area contributed by atoms with Crippen molar-refractivity contribution in [3.05, 3.63) is 101 Å². The lowest BCUT2D eigenvalue weighted by Crippen LogP contribution is -2.20. The first-order valence-corrected chi connectivity index (χ1v) is 18.2. The summed E-state index contributed by atoms with van der Waals surface area (Å²) in [5.41, 5.74) is 3.98. The Hall–Kier alpha value is -4.39. The van der Waals surface area contributed by atoms with E-state index in [9.17, 15) is 9.59 Å². The largest absolute Gasteiger partial charge is 0.290 e. The molecular formula is C41H53N5O2. The highest BCUT2D eigenvalue weighted by atomic mass is 16.2.